The van der Waals surface area contributed by atoms with Gasteiger partial charge in [-0.1, -0.05) is 86.4 Å². The second kappa shape index (κ2) is 11.9. The molecule has 0 saturated heterocycles. The molecule has 0 saturated carbocycles. The van der Waals surface area contributed by atoms with Crippen LogP contribution in [0.15, 0.2) is 121 Å². The van der Waals surface area contributed by atoms with Gasteiger partial charge in [0.15, 0.2) is 0 Å². The van der Waals surface area contributed by atoms with Gasteiger partial charge in [0.2, 0.25) is 0 Å². The van der Waals surface area contributed by atoms with Gasteiger partial charge in [-0.05, 0) is 102 Å². The molecule has 7 rings (SSSR count). The van der Waals surface area contributed by atoms with Crippen molar-refractivity contribution in [2.24, 2.45) is 0 Å². The molecule has 0 fully saturated rings. The first-order valence-electron chi connectivity index (χ1n) is 15.1. The van der Waals surface area contributed by atoms with Crippen molar-refractivity contribution >= 4 is 33.1 Å². The Kier molecular flexibility index (Phi) is 7.52. The van der Waals surface area contributed by atoms with Crippen LogP contribution in [-0.4, -0.2) is 9.97 Å². The van der Waals surface area contributed by atoms with Gasteiger partial charge in [0.1, 0.15) is 0 Å². The predicted molar refractivity (Wildman–Crippen MR) is 187 cm³/mol. The standard InChI is InChI=1S/C41H32N2S/c1-4-27(2)39-25-33(31-11-7-5-8-12-31)35-23-29(18-20-37(35)42-39)16-17-30-19-21-38-36(24-30)34(32-13-9-6-10-14-32)26-40(43-38)41-22-15-28(3)44-41/h5-15,18-27H,4H2,1-3H3. The van der Waals surface area contributed by atoms with Gasteiger partial charge in [0, 0.05) is 32.5 Å². The monoisotopic (exact) mass is 584 g/mol. The first kappa shape index (κ1) is 27.8. The van der Waals surface area contributed by atoms with Crippen molar-refractivity contribution in [3.63, 3.8) is 0 Å². The molecule has 2 nitrogen and oxygen atoms in total. The molecule has 0 aliphatic heterocycles. The molecule has 1 atom stereocenters. The van der Waals surface area contributed by atoms with Crippen molar-refractivity contribution in [2.75, 3.05) is 0 Å². The molecule has 0 spiro atoms. The van der Waals surface area contributed by atoms with Crippen LogP contribution in [0.3, 0.4) is 0 Å². The zero-order valence-corrected chi connectivity index (χ0v) is 26.0. The highest BCUT2D eigenvalue weighted by Gasteiger charge is 2.13. The quantitative estimate of drug-likeness (QED) is 0.188. The molecule has 7 aromatic rings. The van der Waals surface area contributed by atoms with Gasteiger partial charge < -0.3 is 0 Å². The maximum absolute atomic E-state index is 5.06. The zero-order chi connectivity index (χ0) is 30.0. The molecule has 0 N–H and O–H groups in total. The smallest absolute Gasteiger partial charge is 0.0815 e. The number of nitrogens with zero attached hydrogens (tertiary/aromatic N) is 2. The first-order chi connectivity index (χ1) is 21.6. The lowest BCUT2D eigenvalue weighted by Crippen LogP contribution is -1.98. The number of hydrogen-bond acceptors (Lipinski definition) is 3. The molecule has 4 aromatic carbocycles. The summed E-state index contributed by atoms with van der Waals surface area (Å²) in [5.74, 6) is 7.29. The maximum Gasteiger partial charge on any atom is 0.0815 e. The van der Waals surface area contributed by atoms with E-state index in [1.807, 2.05) is 0 Å². The van der Waals surface area contributed by atoms with Crippen LogP contribution in [-0.2, 0) is 0 Å². The Labute approximate surface area is 263 Å². The Morgan fingerprint density at radius 1 is 0.636 bits per heavy atom. The highest BCUT2D eigenvalue weighted by Crippen LogP contribution is 2.35. The van der Waals surface area contributed by atoms with Crippen LogP contribution >= 0.6 is 11.3 Å². The third kappa shape index (κ3) is 5.53. The van der Waals surface area contributed by atoms with Gasteiger partial charge in [-0.15, -0.1) is 11.3 Å². The minimum atomic E-state index is 0.398. The van der Waals surface area contributed by atoms with Crippen LogP contribution < -0.4 is 0 Å². The fourth-order valence-electron chi connectivity index (χ4n) is 5.64. The summed E-state index contributed by atoms with van der Waals surface area (Å²) in [5, 5.41) is 2.23. The second-order valence-electron chi connectivity index (χ2n) is 11.3. The molecule has 3 aromatic heterocycles. The van der Waals surface area contributed by atoms with Crippen LogP contribution in [0.1, 0.15) is 47.9 Å². The summed E-state index contributed by atoms with van der Waals surface area (Å²) < 4.78 is 0. The van der Waals surface area contributed by atoms with E-state index in [2.05, 4.69) is 154 Å². The summed E-state index contributed by atoms with van der Waals surface area (Å²) in [6.07, 6.45) is 1.05. The number of benzene rings is 4. The normalized spacial score (nSPS) is 11.8. The molecule has 3 heterocycles. The largest absolute Gasteiger partial charge is 0.253 e. The van der Waals surface area contributed by atoms with E-state index in [0.29, 0.717) is 5.92 Å². The molecule has 0 aliphatic carbocycles. The van der Waals surface area contributed by atoms with Gasteiger partial charge >= 0.3 is 0 Å². The summed E-state index contributed by atoms with van der Waals surface area (Å²) in [6, 6.07) is 42.7. The minimum Gasteiger partial charge on any atom is -0.253 e. The average molecular weight is 585 g/mol. The summed E-state index contributed by atoms with van der Waals surface area (Å²) in [6.45, 7) is 6.60. The van der Waals surface area contributed by atoms with E-state index in [1.165, 1.54) is 32.0 Å². The Balaban J connectivity index is 1.32. The first-order valence-corrected chi connectivity index (χ1v) is 16.0. The third-order valence-corrected chi connectivity index (χ3v) is 9.29. The van der Waals surface area contributed by atoms with Crippen LogP contribution in [0.5, 0.6) is 0 Å². The average Bonchev–Trinajstić information content (AvgIpc) is 3.52. The molecular weight excluding hydrogens is 553 g/mol. The lowest BCUT2D eigenvalue weighted by atomic mass is 9.95. The Morgan fingerprint density at radius 2 is 1.20 bits per heavy atom. The molecule has 212 valence electrons. The summed E-state index contributed by atoms with van der Waals surface area (Å²) >= 11 is 1.78. The minimum absolute atomic E-state index is 0.398. The van der Waals surface area contributed by atoms with Crippen molar-refractivity contribution in [2.45, 2.75) is 33.1 Å². The van der Waals surface area contributed by atoms with E-state index < -0.39 is 0 Å². The second-order valence-corrected chi connectivity index (χ2v) is 12.6. The number of hydrogen-bond donors (Lipinski definition) is 0. The number of fused-ring (bicyclic) bond motifs is 2. The molecule has 0 radical (unpaired) electrons. The number of aromatic nitrogens is 2. The highest BCUT2D eigenvalue weighted by atomic mass is 32.1. The van der Waals surface area contributed by atoms with Gasteiger partial charge in [0.25, 0.3) is 0 Å². The van der Waals surface area contributed by atoms with E-state index in [0.717, 1.165) is 50.7 Å². The summed E-state index contributed by atoms with van der Waals surface area (Å²) in [5.41, 5.74) is 10.8. The third-order valence-electron chi connectivity index (χ3n) is 8.27. The Morgan fingerprint density at radius 3 is 1.75 bits per heavy atom. The van der Waals surface area contributed by atoms with E-state index in [9.17, 15) is 0 Å². The number of pyridine rings is 2. The van der Waals surface area contributed by atoms with E-state index >= 15 is 0 Å². The molecule has 3 heteroatoms. The zero-order valence-electron chi connectivity index (χ0n) is 25.1. The van der Waals surface area contributed by atoms with Crippen molar-refractivity contribution in [3.8, 4) is 44.7 Å². The van der Waals surface area contributed by atoms with E-state index in [1.54, 1.807) is 11.3 Å². The lowest BCUT2D eigenvalue weighted by Gasteiger charge is -2.14. The van der Waals surface area contributed by atoms with Crippen molar-refractivity contribution in [1.82, 2.24) is 9.97 Å². The van der Waals surface area contributed by atoms with Crippen molar-refractivity contribution in [1.29, 1.82) is 0 Å². The summed E-state index contributed by atoms with van der Waals surface area (Å²) in [7, 11) is 0. The summed E-state index contributed by atoms with van der Waals surface area (Å²) in [4.78, 5) is 12.6. The fraction of sp³-hybridized carbons (Fsp3) is 0.122. The maximum atomic E-state index is 5.06. The molecule has 44 heavy (non-hydrogen) atoms. The van der Waals surface area contributed by atoms with Gasteiger partial charge in [-0.25, -0.2) is 4.98 Å². The van der Waals surface area contributed by atoms with Crippen molar-refractivity contribution in [3.05, 3.63) is 143 Å². The van der Waals surface area contributed by atoms with Crippen LogP contribution in [0.2, 0.25) is 0 Å². The molecule has 0 bridgehead atoms. The number of rotatable bonds is 5. The fourth-order valence-corrected chi connectivity index (χ4v) is 6.47. The van der Waals surface area contributed by atoms with Gasteiger partial charge in [-0.3, -0.25) is 4.98 Å². The van der Waals surface area contributed by atoms with Gasteiger partial charge in [0.05, 0.1) is 21.6 Å². The molecule has 0 amide bonds. The predicted octanol–water partition coefficient (Wildman–Crippen LogP) is 11.1. The number of thiophene rings is 1. The molecule has 1 unspecified atom stereocenters. The number of aryl methyl sites for hydroxylation is 1. The Hall–Kier alpha value is -5.04. The topological polar surface area (TPSA) is 25.8 Å². The Bertz CT molecular complexity index is 2180. The van der Waals surface area contributed by atoms with Crippen LogP contribution in [0.25, 0.3) is 54.6 Å². The molecular formula is C41H32N2S. The van der Waals surface area contributed by atoms with Crippen molar-refractivity contribution < 1.29 is 0 Å². The van der Waals surface area contributed by atoms with E-state index in [-0.39, 0.29) is 0 Å². The van der Waals surface area contributed by atoms with Crippen LogP contribution in [0, 0.1) is 18.8 Å². The van der Waals surface area contributed by atoms with E-state index in [4.69, 9.17) is 9.97 Å². The van der Waals surface area contributed by atoms with Crippen LogP contribution in [0.4, 0.5) is 0 Å². The van der Waals surface area contributed by atoms with Gasteiger partial charge in [-0.2, -0.15) is 0 Å². The molecule has 0 aliphatic rings. The lowest BCUT2D eigenvalue weighted by molar-refractivity contribution is 0.712. The highest BCUT2D eigenvalue weighted by molar-refractivity contribution is 7.15. The SMILES string of the molecule is CCC(C)c1cc(-c2ccccc2)c2cc(C#Cc3ccc4nc(-c5ccc(C)s5)cc(-c5ccccc5)c4c3)ccc2n1.